The van der Waals surface area contributed by atoms with Gasteiger partial charge in [0.15, 0.2) is 0 Å². The molecule has 1 amide bonds. The van der Waals surface area contributed by atoms with E-state index in [1.165, 1.54) is 24.3 Å². The molecule has 0 aliphatic heterocycles. The number of rotatable bonds is 7. The fraction of sp³-hybridized carbons (Fsp3) is 0.375. The molecule has 21 heavy (non-hydrogen) atoms. The van der Waals surface area contributed by atoms with Crippen molar-refractivity contribution >= 4 is 18.0 Å². The third-order valence-electron chi connectivity index (χ3n) is 3.09. The number of halogens is 1. The maximum absolute atomic E-state index is 14.0. The number of hydrogen-bond donors (Lipinski definition) is 1. The van der Waals surface area contributed by atoms with Crippen molar-refractivity contribution in [3.05, 3.63) is 41.2 Å². The summed E-state index contributed by atoms with van der Waals surface area (Å²) in [5, 5.41) is 8.53. The van der Waals surface area contributed by atoms with Crippen LogP contribution in [0.4, 0.5) is 4.39 Å². The lowest BCUT2D eigenvalue weighted by molar-refractivity contribution is -0.131. The molecule has 0 aliphatic carbocycles. The molecular formula is C16H20FNO3. The van der Waals surface area contributed by atoms with Gasteiger partial charge in [0, 0.05) is 19.2 Å². The van der Waals surface area contributed by atoms with Gasteiger partial charge in [0.25, 0.3) is 5.91 Å². The highest BCUT2D eigenvalue weighted by molar-refractivity contribution is 5.95. The minimum absolute atomic E-state index is 0.0143. The van der Waals surface area contributed by atoms with Crippen molar-refractivity contribution < 1.29 is 19.1 Å². The van der Waals surface area contributed by atoms with Gasteiger partial charge < -0.3 is 10.0 Å². The predicted molar refractivity (Wildman–Crippen MR) is 79.6 cm³/mol. The average Bonchev–Trinajstić information content (AvgIpc) is 2.45. The van der Waals surface area contributed by atoms with Crippen molar-refractivity contribution in [2.24, 2.45) is 0 Å². The lowest BCUT2D eigenvalue weighted by Crippen LogP contribution is -2.32. The minimum Gasteiger partial charge on any atom is -0.478 e. The van der Waals surface area contributed by atoms with Crippen molar-refractivity contribution in [3.63, 3.8) is 0 Å². The van der Waals surface area contributed by atoms with Gasteiger partial charge in [-0.05, 0) is 37.1 Å². The molecule has 0 saturated carbocycles. The Hall–Kier alpha value is -2.17. The number of carbonyl (C=O) groups excluding carboxylic acids is 1. The molecule has 0 unspecified atom stereocenters. The van der Waals surface area contributed by atoms with Crippen LogP contribution in [0.2, 0.25) is 0 Å². The molecule has 1 aromatic rings. The van der Waals surface area contributed by atoms with Gasteiger partial charge in [-0.25, -0.2) is 9.18 Å². The van der Waals surface area contributed by atoms with Crippen molar-refractivity contribution in [3.8, 4) is 0 Å². The van der Waals surface area contributed by atoms with Gasteiger partial charge in [-0.2, -0.15) is 0 Å². The molecule has 0 atom stereocenters. The molecule has 0 spiro atoms. The molecule has 4 nitrogen and oxygen atoms in total. The van der Waals surface area contributed by atoms with E-state index < -0.39 is 11.8 Å². The highest BCUT2D eigenvalue weighted by atomic mass is 19.1. The summed E-state index contributed by atoms with van der Waals surface area (Å²) in [6.45, 7) is 5.02. The van der Waals surface area contributed by atoms with E-state index >= 15 is 0 Å². The summed E-state index contributed by atoms with van der Waals surface area (Å²) < 4.78 is 14.0. The largest absolute Gasteiger partial charge is 0.478 e. The summed E-state index contributed by atoms with van der Waals surface area (Å²) in [6.07, 6.45) is 4.05. The van der Waals surface area contributed by atoms with Crippen LogP contribution in [0.25, 0.3) is 6.08 Å². The van der Waals surface area contributed by atoms with Gasteiger partial charge in [-0.3, -0.25) is 4.79 Å². The normalized spacial score (nSPS) is 10.8. The second-order valence-corrected chi connectivity index (χ2v) is 4.65. The van der Waals surface area contributed by atoms with Gasteiger partial charge in [0.05, 0.1) is 5.56 Å². The summed E-state index contributed by atoms with van der Waals surface area (Å²) in [6, 6.07) is 4.09. The van der Waals surface area contributed by atoms with Crippen LogP contribution in [-0.4, -0.2) is 35.0 Å². The molecule has 1 rings (SSSR count). The topological polar surface area (TPSA) is 57.6 Å². The first-order valence-electron chi connectivity index (χ1n) is 6.99. The smallest absolute Gasteiger partial charge is 0.328 e. The van der Waals surface area contributed by atoms with Crippen molar-refractivity contribution in [2.75, 3.05) is 13.1 Å². The molecule has 1 aromatic carbocycles. The van der Waals surface area contributed by atoms with E-state index in [2.05, 4.69) is 0 Å². The summed E-state index contributed by atoms with van der Waals surface area (Å²) in [5.41, 5.74) is 0.420. The highest BCUT2D eigenvalue weighted by Gasteiger charge is 2.17. The fourth-order valence-corrected chi connectivity index (χ4v) is 1.90. The van der Waals surface area contributed by atoms with Crippen LogP contribution in [0.5, 0.6) is 0 Å². The van der Waals surface area contributed by atoms with Gasteiger partial charge >= 0.3 is 5.97 Å². The molecule has 0 aromatic heterocycles. The second-order valence-electron chi connectivity index (χ2n) is 4.65. The van der Waals surface area contributed by atoms with Gasteiger partial charge in [-0.1, -0.05) is 19.4 Å². The van der Waals surface area contributed by atoms with Crippen LogP contribution in [0.15, 0.2) is 24.3 Å². The Morgan fingerprint density at radius 3 is 2.57 bits per heavy atom. The second kappa shape index (κ2) is 8.19. The van der Waals surface area contributed by atoms with Crippen LogP contribution in [-0.2, 0) is 4.79 Å². The molecule has 0 aliphatic rings. The number of carbonyl (C=O) groups is 2. The molecular weight excluding hydrogens is 273 g/mol. The first-order chi connectivity index (χ1) is 9.99. The lowest BCUT2D eigenvalue weighted by Gasteiger charge is -2.21. The van der Waals surface area contributed by atoms with Crippen molar-refractivity contribution in [1.29, 1.82) is 0 Å². The number of aliphatic carboxylic acids is 1. The quantitative estimate of drug-likeness (QED) is 0.785. The lowest BCUT2D eigenvalue weighted by atomic mass is 10.1. The number of unbranched alkanes of at least 4 members (excludes halogenated alkanes) is 1. The monoisotopic (exact) mass is 293 g/mol. The number of amides is 1. The summed E-state index contributed by atoms with van der Waals surface area (Å²) in [4.78, 5) is 24.3. The molecule has 0 heterocycles. The molecule has 0 bridgehead atoms. The average molecular weight is 293 g/mol. The van der Waals surface area contributed by atoms with E-state index in [1.54, 1.807) is 4.90 Å². The highest BCUT2D eigenvalue weighted by Crippen LogP contribution is 2.14. The predicted octanol–water partition coefficient (Wildman–Crippen LogP) is 3.19. The maximum Gasteiger partial charge on any atom is 0.328 e. The van der Waals surface area contributed by atoms with Crippen LogP contribution in [0, 0.1) is 5.82 Å². The first-order valence-corrected chi connectivity index (χ1v) is 6.99. The van der Waals surface area contributed by atoms with E-state index in [9.17, 15) is 14.0 Å². The standard InChI is InChI=1S/C16H20FNO3/c1-3-5-10-18(4-2)16(21)13-8-6-12(11-14(13)17)7-9-15(19)20/h6-9,11H,3-5,10H2,1-2H3,(H,19,20). The van der Waals surface area contributed by atoms with E-state index in [-0.39, 0.29) is 11.5 Å². The zero-order valence-corrected chi connectivity index (χ0v) is 12.3. The van der Waals surface area contributed by atoms with E-state index in [4.69, 9.17) is 5.11 Å². The number of carboxylic acid groups (broad SMARTS) is 1. The molecule has 0 saturated heterocycles. The SMILES string of the molecule is CCCCN(CC)C(=O)c1ccc(C=CC(=O)O)cc1F. The van der Waals surface area contributed by atoms with Crippen LogP contribution >= 0.6 is 0 Å². The maximum atomic E-state index is 14.0. The summed E-state index contributed by atoms with van der Waals surface area (Å²) in [5.74, 6) is -2.08. The van der Waals surface area contributed by atoms with Crippen LogP contribution < -0.4 is 0 Å². The zero-order valence-electron chi connectivity index (χ0n) is 12.3. The Bertz CT molecular complexity index is 540. The van der Waals surface area contributed by atoms with Crippen molar-refractivity contribution in [2.45, 2.75) is 26.7 Å². The van der Waals surface area contributed by atoms with Crippen LogP contribution in [0.3, 0.4) is 0 Å². The van der Waals surface area contributed by atoms with E-state index in [1.807, 2.05) is 13.8 Å². The Morgan fingerprint density at radius 2 is 2.05 bits per heavy atom. The van der Waals surface area contributed by atoms with Gasteiger partial charge in [0.2, 0.25) is 0 Å². The van der Waals surface area contributed by atoms with E-state index in [0.29, 0.717) is 18.7 Å². The van der Waals surface area contributed by atoms with Gasteiger partial charge in [0.1, 0.15) is 5.82 Å². The molecule has 0 fully saturated rings. The third-order valence-corrected chi connectivity index (χ3v) is 3.09. The van der Waals surface area contributed by atoms with Crippen LogP contribution in [0.1, 0.15) is 42.6 Å². The fourth-order valence-electron chi connectivity index (χ4n) is 1.90. The Labute approximate surface area is 123 Å². The molecule has 1 N–H and O–H groups in total. The van der Waals surface area contributed by atoms with E-state index in [0.717, 1.165) is 18.9 Å². The zero-order chi connectivity index (χ0) is 15.8. The number of benzene rings is 1. The minimum atomic E-state index is -1.10. The number of nitrogens with zero attached hydrogens (tertiary/aromatic N) is 1. The number of carboxylic acids is 1. The third kappa shape index (κ3) is 5.02. The Kier molecular flexibility index (Phi) is 6.59. The molecule has 114 valence electrons. The van der Waals surface area contributed by atoms with Gasteiger partial charge in [-0.15, -0.1) is 0 Å². The summed E-state index contributed by atoms with van der Waals surface area (Å²) >= 11 is 0. The Morgan fingerprint density at radius 1 is 1.33 bits per heavy atom. The number of hydrogen-bond acceptors (Lipinski definition) is 2. The molecule has 5 heteroatoms. The Balaban J connectivity index is 2.92. The van der Waals surface area contributed by atoms with Crippen molar-refractivity contribution in [1.82, 2.24) is 4.90 Å². The molecule has 0 radical (unpaired) electrons. The first kappa shape index (κ1) is 16.9. The summed E-state index contributed by atoms with van der Waals surface area (Å²) in [7, 11) is 0.